The zero-order valence-electron chi connectivity index (χ0n) is 9.53. The molecule has 1 atom stereocenters. The van der Waals surface area contributed by atoms with Crippen molar-refractivity contribution >= 4 is 13.3 Å². The molecule has 0 aromatic heterocycles. The molecule has 1 aromatic rings. The molecule has 2 rings (SSSR count). The van der Waals surface area contributed by atoms with Crippen LogP contribution in [0.15, 0.2) is 30.4 Å². The zero-order valence-corrected chi connectivity index (χ0v) is 9.53. The second-order valence-corrected chi connectivity index (χ2v) is 4.04. The highest BCUT2D eigenvalue weighted by molar-refractivity contribution is 6.34. The molecule has 1 aliphatic heterocycles. The molecular formula is C13H15BO2. The van der Waals surface area contributed by atoms with Crippen molar-refractivity contribution in [2.45, 2.75) is 12.3 Å². The summed E-state index contributed by atoms with van der Waals surface area (Å²) < 4.78 is 10.6. The SMILES string of the molecule is [B]c1cc(C2COCCC2=C)ccc1OC. The van der Waals surface area contributed by atoms with E-state index in [1.54, 1.807) is 7.11 Å². The average molecular weight is 214 g/mol. The second-order valence-electron chi connectivity index (χ2n) is 4.04. The van der Waals surface area contributed by atoms with Gasteiger partial charge in [0.2, 0.25) is 0 Å². The van der Waals surface area contributed by atoms with Gasteiger partial charge in [0.05, 0.1) is 20.3 Å². The Kier molecular flexibility index (Phi) is 3.35. The lowest BCUT2D eigenvalue weighted by molar-refractivity contribution is 0.106. The Morgan fingerprint density at radius 3 is 2.94 bits per heavy atom. The maximum atomic E-state index is 5.89. The predicted octanol–water partition coefficient (Wildman–Crippen LogP) is 1.55. The number of benzene rings is 1. The van der Waals surface area contributed by atoms with E-state index < -0.39 is 0 Å². The van der Waals surface area contributed by atoms with Gasteiger partial charge in [0.15, 0.2) is 0 Å². The first-order valence-corrected chi connectivity index (χ1v) is 5.41. The van der Waals surface area contributed by atoms with Gasteiger partial charge in [0, 0.05) is 5.92 Å². The Morgan fingerprint density at radius 2 is 2.31 bits per heavy atom. The molecule has 0 aliphatic carbocycles. The van der Waals surface area contributed by atoms with Gasteiger partial charge in [-0.15, -0.1) is 0 Å². The second kappa shape index (κ2) is 4.75. The molecule has 16 heavy (non-hydrogen) atoms. The molecule has 1 fully saturated rings. The van der Waals surface area contributed by atoms with Crippen LogP contribution >= 0.6 is 0 Å². The Labute approximate surface area is 97.7 Å². The third-order valence-corrected chi connectivity index (χ3v) is 3.00. The molecule has 1 aromatic carbocycles. The first-order chi connectivity index (χ1) is 7.72. The maximum Gasteiger partial charge on any atom is 0.119 e. The molecule has 0 N–H and O–H groups in total. The Morgan fingerprint density at radius 1 is 1.50 bits per heavy atom. The van der Waals surface area contributed by atoms with Crippen LogP contribution in [0, 0.1) is 0 Å². The molecule has 1 unspecified atom stereocenters. The number of hydrogen-bond donors (Lipinski definition) is 0. The Bertz CT molecular complexity index is 401. The lowest BCUT2D eigenvalue weighted by Crippen LogP contribution is -2.19. The van der Waals surface area contributed by atoms with Gasteiger partial charge in [-0.3, -0.25) is 0 Å². The number of rotatable bonds is 2. The molecule has 1 aliphatic rings. The maximum absolute atomic E-state index is 5.89. The standard InChI is InChI=1S/C13H15BO2/c1-9-5-6-16-8-11(9)10-3-4-13(15-2)12(14)7-10/h3-4,7,11H,1,5-6,8H2,2H3. The van der Waals surface area contributed by atoms with Gasteiger partial charge in [-0.05, 0) is 18.1 Å². The minimum absolute atomic E-state index is 0.266. The number of ether oxygens (including phenoxy) is 2. The van der Waals surface area contributed by atoms with Crippen LogP contribution in [0.1, 0.15) is 17.9 Å². The van der Waals surface area contributed by atoms with Crippen molar-refractivity contribution in [1.29, 1.82) is 0 Å². The molecular weight excluding hydrogens is 199 g/mol. The fourth-order valence-electron chi connectivity index (χ4n) is 2.00. The zero-order chi connectivity index (χ0) is 11.5. The highest BCUT2D eigenvalue weighted by atomic mass is 16.5. The first-order valence-electron chi connectivity index (χ1n) is 5.41. The van der Waals surface area contributed by atoms with Crippen molar-refractivity contribution in [2.24, 2.45) is 0 Å². The van der Waals surface area contributed by atoms with Crippen molar-refractivity contribution < 1.29 is 9.47 Å². The van der Waals surface area contributed by atoms with E-state index in [1.807, 2.05) is 18.2 Å². The minimum atomic E-state index is 0.266. The van der Waals surface area contributed by atoms with Crippen LogP contribution in [0.25, 0.3) is 0 Å². The molecule has 0 saturated carbocycles. The van der Waals surface area contributed by atoms with Crippen molar-refractivity contribution in [2.75, 3.05) is 20.3 Å². The third-order valence-electron chi connectivity index (χ3n) is 3.00. The monoisotopic (exact) mass is 214 g/mol. The van der Waals surface area contributed by atoms with E-state index in [2.05, 4.69) is 6.58 Å². The lowest BCUT2D eigenvalue weighted by atomic mass is 9.85. The summed E-state index contributed by atoms with van der Waals surface area (Å²) in [5.74, 6) is 0.980. The molecule has 82 valence electrons. The summed E-state index contributed by atoms with van der Waals surface area (Å²) in [6.07, 6.45) is 0.927. The summed E-state index contributed by atoms with van der Waals surface area (Å²) in [4.78, 5) is 0. The Hall–Kier alpha value is -1.22. The van der Waals surface area contributed by atoms with Gasteiger partial charge in [-0.2, -0.15) is 0 Å². The summed E-state index contributed by atoms with van der Waals surface area (Å²) in [5, 5.41) is 0. The molecule has 0 spiro atoms. The van der Waals surface area contributed by atoms with Gasteiger partial charge >= 0.3 is 0 Å². The summed E-state index contributed by atoms with van der Waals surface area (Å²) in [6, 6.07) is 5.87. The summed E-state index contributed by atoms with van der Waals surface area (Å²) in [6.45, 7) is 5.57. The van der Waals surface area contributed by atoms with E-state index in [0.29, 0.717) is 17.8 Å². The van der Waals surface area contributed by atoms with E-state index in [1.165, 1.54) is 5.57 Å². The van der Waals surface area contributed by atoms with Crippen molar-refractivity contribution in [3.63, 3.8) is 0 Å². The smallest absolute Gasteiger partial charge is 0.119 e. The molecule has 2 nitrogen and oxygen atoms in total. The van der Waals surface area contributed by atoms with E-state index in [9.17, 15) is 0 Å². The molecule has 1 heterocycles. The van der Waals surface area contributed by atoms with E-state index in [-0.39, 0.29) is 5.92 Å². The van der Waals surface area contributed by atoms with Crippen molar-refractivity contribution in [3.05, 3.63) is 35.9 Å². The lowest BCUT2D eigenvalue weighted by Gasteiger charge is -2.25. The highest BCUT2D eigenvalue weighted by Crippen LogP contribution is 2.29. The highest BCUT2D eigenvalue weighted by Gasteiger charge is 2.19. The fraction of sp³-hybridized carbons (Fsp3) is 0.385. The van der Waals surface area contributed by atoms with Gasteiger partial charge in [0.1, 0.15) is 13.6 Å². The van der Waals surface area contributed by atoms with Crippen LogP contribution in [0.2, 0.25) is 0 Å². The topological polar surface area (TPSA) is 18.5 Å². The summed E-state index contributed by atoms with van der Waals surface area (Å²) >= 11 is 0. The van der Waals surface area contributed by atoms with Crippen molar-refractivity contribution in [3.8, 4) is 5.75 Å². The first kappa shape index (κ1) is 11.3. The quantitative estimate of drug-likeness (QED) is 0.549. The van der Waals surface area contributed by atoms with Crippen LogP contribution < -0.4 is 10.2 Å². The number of hydrogen-bond acceptors (Lipinski definition) is 2. The largest absolute Gasteiger partial charge is 0.497 e. The van der Waals surface area contributed by atoms with E-state index >= 15 is 0 Å². The molecule has 3 heteroatoms. The van der Waals surface area contributed by atoms with Crippen LogP contribution in [-0.2, 0) is 4.74 Å². The van der Waals surface area contributed by atoms with E-state index in [4.69, 9.17) is 17.3 Å². The minimum Gasteiger partial charge on any atom is -0.497 e. The third kappa shape index (κ3) is 2.14. The Balaban J connectivity index is 2.26. The molecule has 1 saturated heterocycles. The fourth-order valence-corrected chi connectivity index (χ4v) is 2.00. The van der Waals surface area contributed by atoms with Gasteiger partial charge in [-0.25, -0.2) is 0 Å². The summed E-state index contributed by atoms with van der Waals surface area (Å²) in [5.41, 5.74) is 3.04. The van der Waals surface area contributed by atoms with Crippen LogP contribution in [0.4, 0.5) is 0 Å². The van der Waals surface area contributed by atoms with Crippen LogP contribution in [0.3, 0.4) is 0 Å². The van der Waals surface area contributed by atoms with Crippen molar-refractivity contribution in [1.82, 2.24) is 0 Å². The van der Waals surface area contributed by atoms with Gasteiger partial charge < -0.3 is 9.47 Å². The summed E-state index contributed by atoms with van der Waals surface area (Å²) in [7, 11) is 7.51. The molecule has 2 radical (unpaired) electrons. The van der Waals surface area contributed by atoms with E-state index in [0.717, 1.165) is 18.6 Å². The average Bonchev–Trinajstić information content (AvgIpc) is 2.29. The van der Waals surface area contributed by atoms with Gasteiger partial charge in [0.25, 0.3) is 0 Å². The number of methoxy groups -OCH3 is 1. The molecule has 0 amide bonds. The van der Waals surface area contributed by atoms with Gasteiger partial charge in [-0.1, -0.05) is 29.7 Å². The normalized spacial score (nSPS) is 20.8. The van der Waals surface area contributed by atoms with Crippen LogP contribution in [-0.4, -0.2) is 28.2 Å². The molecule has 0 bridgehead atoms. The van der Waals surface area contributed by atoms with Crippen LogP contribution in [0.5, 0.6) is 5.75 Å². The predicted molar refractivity (Wildman–Crippen MR) is 65.7 cm³/mol.